The van der Waals surface area contributed by atoms with Gasteiger partial charge in [-0.1, -0.05) is 0 Å². The quantitative estimate of drug-likeness (QED) is 0.652. The Morgan fingerprint density at radius 1 is 1.04 bits per heavy atom. The number of carbonyl (C=O) groups excluding carboxylic acids is 2. The number of nitrogens with one attached hydrogen (secondary N) is 2. The number of hydrogen-bond donors (Lipinski definition) is 2. The van der Waals surface area contributed by atoms with Gasteiger partial charge in [0.2, 0.25) is 0 Å². The first-order valence-electron chi connectivity index (χ1n) is 8.40. The maximum Gasteiger partial charge on any atom is 0.270 e. The van der Waals surface area contributed by atoms with Crippen molar-refractivity contribution >= 4 is 17.5 Å². The number of amides is 2. The Labute approximate surface area is 161 Å². The summed E-state index contributed by atoms with van der Waals surface area (Å²) >= 11 is 0. The van der Waals surface area contributed by atoms with E-state index in [1.165, 1.54) is 38.8 Å². The van der Waals surface area contributed by atoms with Gasteiger partial charge in [0.05, 0.1) is 27.0 Å². The van der Waals surface area contributed by atoms with Crippen LogP contribution < -0.4 is 20.1 Å². The van der Waals surface area contributed by atoms with E-state index in [0.29, 0.717) is 28.5 Å². The number of nitrogens with zero attached hydrogens (tertiary/aromatic N) is 1. The SMILES string of the molecule is COc1ccc(NC(=O)c2ccnc(C(=O)NCc3ccco3)c2)cc1OC. The van der Waals surface area contributed by atoms with Gasteiger partial charge in [0.25, 0.3) is 11.8 Å². The molecule has 1 aromatic carbocycles. The average molecular weight is 381 g/mol. The van der Waals surface area contributed by atoms with E-state index >= 15 is 0 Å². The van der Waals surface area contributed by atoms with Gasteiger partial charge >= 0.3 is 0 Å². The van der Waals surface area contributed by atoms with Gasteiger partial charge in [-0.3, -0.25) is 14.6 Å². The standard InChI is InChI=1S/C20H19N3O5/c1-26-17-6-5-14(11-18(17)27-2)23-19(24)13-7-8-21-16(10-13)20(25)22-12-15-4-3-9-28-15/h3-11H,12H2,1-2H3,(H,22,25)(H,23,24). The number of anilines is 1. The first-order valence-corrected chi connectivity index (χ1v) is 8.40. The van der Waals surface area contributed by atoms with E-state index in [0.717, 1.165) is 0 Å². The van der Waals surface area contributed by atoms with Gasteiger partial charge in [-0.2, -0.15) is 0 Å². The van der Waals surface area contributed by atoms with Crippen LogP contribution in [0, 0.1) is 0 Å². The highest BCUT2D eigenvalue weighted by atomic mass is 16.5. The lowest BCUT2D eigenvalue weighted by molar-refractivity contribution is 0.0943. The summed E-state index contributed by atoms with van der Waals surface area (Å²) in [5, 5.41) is 5.44. The molecule has 0 saturated heterocycles. The predicted octanol–water partition coefficient (Wildman–Crippen LogP) is 2.87. The van der Waals surface area contributed by atoms with Crippen molar-refractivity contribution in [2.24, 2.45) is 0 Å². The Morgan fingerprint density at radius 2 is 1.86 bits per heavy atom. The maximum absolute atomic E-state index is 12.5. The molecule has 0 spiro atoms. The van der Waals surface area contributed by atoms with Crippen molar-refractivity contribution in [3.05, 3.63) is 71.9 Å². The van der Waals surface area contributed by atoms with E-state index in [2.05, 4.69) is 15.6 Å². The van der Waals surface area contributed by atoms with Gasteiger partial charge in [0.1, 0.15) is 11.5 Å². The Kier molecular flexibility index (Phi) is 5.91. The van der Waals surface area contributed by atoms with Gasteiger partial charge in [-0.15, -0.1) is 0 Å². The summed E-state index contributed by atoms with van der Waals surface area (Å²) in [5.74, 6) is 0.885. The van der Waals surface area contributed by atoms with E-state index in [4.69, 9.17) is 13.9 Å². The molecule has 28 heavy (non-hydrogen) atoms. The van der Waals surface area contributed by atoms with Gasteiger partial charge in [0, 0.05) is 23.5 Å². The van der Waals surface area contributed by atoms with E-state index in [9.17, 15) is 9.59 Å². The summed E-state index contributed by atoms with van der Waals surface area (Å²) in [4.78, 5) is 28.8. The summed E-state index contributed by atoms with van der Waals surface area (Å²) < 4.78 is 15.6. The molecule has 0 fully saturated rings. The number of methoxy groups -OCH3 is 2. The Morgan fingerprint density at radius 3 is 2.57 bits per heavy atom. The molecular formula is C20H19N3O5. The number of furan rings is 1. The number of rotatable bonds is 7. The summed E-state index contributed by atoms with van der Waals surface area (Å²) in [6.07, 6.45) is 2.93. The van der Waals surface area contributed by atoms with Gasteiger partial charge in [-0.05, 0) is 36.4 Å². The van der Waals surface area contributed by atoms with Crippen molar-refractivity contribution < 1.29 is 23.5 Å². The number of aromatic nitrogens is 1. The Balaban J connectivity index is 1.69. The van der Waals surface area contributed by atoms with Crippen LogP contribution in [0.3, 0.4) is 0 Å². The average Bonchev–Trinajstić information content (AvgIpc) is 3.25. The van der Waals surface area contributed by atoms with E-state index in [1.807, 2.05) is 0 Å². The molecule has 0 radical (unpaired) electrons. The van der Waals surface area contributed by atoms with Crippen LogP contribution >= 0.6 is 0 Å². The van der Waals surface area contributed by atoms with Crippen LogP contribution in [0.2, 0.25) is 0 Å². The third-order valence-corrected chi connectivity index (χ3v) is 3.90. The van der Waals surface area contributed by atoms with Crippen LogP contribution in [0.15, 0.2) is 59.3 Å². The Hall–Kier alpha value is -3.81. The molecule has 3 rings (SSSR count). The van der Waals surface area contributed by atoms with Crippen LogP contribution in [-0.4, -0.2) is 31.0 Å². The lowest BCUT2D eigenvalue weighted by atomic mass is 10.2. The zero-order valence-corrected chi connectivity index (χ0v) is 15.4. The fraction of sp³-hybridized carbons (Fsp3) is 0.150. The minimum Gasteiger partial charge on any atom is -0.493 e. The van der Waals surface area contributed by atoms with Gasteiger partial charge in [0.15, 0.2) is 11.5 Å². The fourth-order valence-corrected chi connectivity index (χ4v) is 2.48. The molecule has 2 aromatic heterocycles. The van der Waals surface area contributed by atoms with Crippen molar-refractivity contribution in [3.8, 4) is 11.5 Å². The number of carbonyl (C=O) groups is 2. The van der Waals surface area contributed by atoms with E-state index in [1.54, 1.807) is 30.3 Å². The highest BCUT2D eigenvalue weighted by Gasteiger charge is 2.13. The molecule has 0 atom stereocenters. The second-order valence-corrected chi connectivity index (χ2v) is 5.72. The van der Waals surface area contributed by atoms with Gasteiger partial charge < -0.3 is 24.5 Å². The highest BCUT2D eigenvalue weighted by Crippen LogP contribution is 2.29. The number of hydrogen-bond acceptors (Lipinski definition) is 6. The monoisotopic (exact) mass is 381 g/mol. The summed E-state index contributed by atoms with van der Waals surface area (Å²) in [6, 6.07) is 11.5. The molecule has 144 valence electrons. The summed E-state index contributed by atoms with van der Waals surface area (Å²) in [6.45, 7) is 0.232. The number of pyridine rings is 1. The molecule has 0 unspecified atom stereocenters. The largest absolute Gasteiger partial charge is 0.493 e. The molecule has 0 aliphatic carbocycles. The molecule has 0 aliphatic rings. The van der Waals surface area contributed by atoms with Crippen molar-refractivity contribution in [1.82, 2.24) is 10.3 Å². The molecular weight excluding hydrogens is 362 g/mol. The number of ether oxygens (including phenoxy) is 2. The normalized spacial score (nSPS) is 10.2. The van der Waals surface area contributed by atoms with Crippen LogP contribution in [0.4, 0.5) is 5.69 Å². The summed E-state index contributed by atoms with van der Waals surface area (Å²) in [5.41, 5.74) is 0.961. The van der Waals surface area contributed by atoms with Crippen molar-refractivity contribution in [2.75, 3.05) is 19.5 Å². The lowest BCUT2D eigenvalue weighted by Crippen LogP contribution is -2.24. The fourth-order valence-electron chi connectivity index (χ4n) is 2.48. The molecule has 2 N–H and O–H groups in total. The first-order chi connectivity index (χ1) is 13.6. The van der Waals surface area contributed by atoms with Crippen molar-refractivity contribution in [2.45, 2.75) is 6.54 Å². The molecule has 0 saturated carbocycles. The predicted molar refractivity (Wildman–Crippen MR) is 102 cm³/mol. The Bertz CT molecular complexity index is 970. The van der Waals surface area contributed by atoms with E-state index in [-0.39, 0.29) is 18.1 Å². The van der Waals surface area contributed by atoms with Crippen molar-refractivity contribution in [3.63, 3.8) is 0 Å². The zero-order chi connectivity index (χ0) is 19.9. The molecule has 0 aliphatic heterocycles. The van der Waals surface area contributed by atoms with Gasteiger partial charge in [-0.25, -0.2) is 0 Å². The minimum atomic E-state index is -0.405. The smallest absolute Gasteiger partial charge is 0.270 e. The second kappa shape index (κ2) is 8.72. The molecule has 0 bridgehead atoms. The second-order valence-electron chi connectivity index (χ2n) is 5.72. The third-order valence-electron chi connectivity index (χ3n) is 3.90. The first kappa shape index (κ1) is 19.0. The molecule has 8 nitrogen and oxygen atoms in total. The van der Waals surface area contributed by atoms with Crippen LogP contribution in [-0.2, 0) is 6.54 Å². The molecule has 2 amide bonds. The van der Waals surface area contributed by atoms with Crippen LogP contribution in [0.25, 0.3) is 0 Å². The highest BCUT2D eigenvalue weighted by molar-refractivity contribution is 6.05. The lowest BCUT2D eigenvalue weighted by Gasteiger charge is -2.11. The maximum atomic E-state index is 12.5. The number of benzene rings is 1. The van der Waals surface area contributed by atoms with Crippen LogP contribution in [0.5, 0.6) is 11.5 Å². The molecule has 2 heterocycles. The summed E-state index contributed by atoms with van der Waals surface area (Å²) in [7, 11) is 3.05. The zero-order valence-electron chi connectivity index (χ0n) is 15.4. The van der Waals surface area contributed by atoms with Crippen LogP contribution in [0.1, 0.15) is 26.6 Å². The molecule has 3 aromatic rings. The van der Waals surface area contributed by atoms with E-state index < -0.39 is 5.91 Å². The minimum absolute atomic E-state index is 0.131. The molecule has 8 heteroatoms. The van der Waals surface area contributed by atoms with Crippen molar-refractivity contribution in [1.29, 1.82) is 0 Å². The topological polar surface area (TPSA) is 103 Å². The third kappa shape index (κ3) is 4.47.